The molecule has 2 aliphatic carbocycles. The second-order valence-corrected chi connectivity index (χ2v) is 8.71. The number of hydrogen-bond donors (Lipinski definition) is 1. The highest BCUT2D eigenvalue weighted by molar-refractivity contribution is 9.10. The van der Waals surface area contributed by atoms with E-state index in [-0.39, 0.29) is 22.3 Å². The van der Waals surface area contributed by atoms with Crippen LogP contribution in [0.5, 0.6) is 0 Å². The highest BCUT2D eigenvalue weighted by Crippen LogP contribution is 2.65. The van der Waals surface area contributed by atoms with Gasteiger partial charge in [0.2, 0.25) is 10.0 Å². The van der Waals surface area contributed by atoms with Crippen molar-refractivity contribution in [2.75, 3.05) is 12.3 Å². The Kier molecular flexibility index (Phi) is 3.44. The van der Waals surface area contributed by atoms with Gasteiger partial charge in [0, 0.05) is 12.0 Å². The van der Waals surface area contributed by atoms with Crippen molar-refractivity contribution >= 4 is 31.7 Å². The van der Waals surface area contributed by atoms with Gasteiger partial charge in [-0.05, 0) is 24.2 Å². The predicted molar refractivity (Wildman–Crippen MR) is 74.1 cm³/mol. The van der Waals surface area contributed by atoms with E-state index in [1.54, 1.807) is 6.92 Å². The first-order valence-electron chi connectivity index (χ1n) is 6.34. The van der Waals surface area contributed by atoms with Gasteiger partial charge >= 0.3 is 0 Å². The molecular weight excluding hydrogens is 318 g/mol. The van der Waals surface area contributed by atoms with Crippen LogP contribution in [0, 0.1) is 16.7 Å². The lowest BCUT2D eigenvalue weighted by Crippen LogP contribution is -2.43. The fourth-order valence-corrected chi connectivity index (χ4v) is 6.97. The van der Waals surface area contributed by atoms with E-state index in [9.17, 15) is 13.2 Å². The van der Waals surface area contributed by atoms with E-state index in [1.807, 2.05) is 13.8 Å². The maximum Gasteiger partial charge on any atom is 0.212 e. The Morgan fingerprint density at radius 3 is 2.50 bits per heavy atom. The van der Waals surface area contributed by atoms with E-state index < -0.39 is 20.9 Å². The minimum absolute atomic E-state index is 0.0445. The van der Waals surface area contributed by atoms with E-state index in [1.165, 1.54) is 0 Å². The number of carbonyl (C=O) groups is 1. The molecule has 2 rings (SSSR count). The third-order valence-electron chi connectivity index (χ3n) is 5.04. The van der Waals surface area contributed by atoms with Gasteiger partial charge in [0.15, 0.2) is 5.78 Å². The molecule has 0 heterocycles. The van der Waals surface area contributed by atoms with Crippen LogP contribution >= 0.6 is 15.9 Å². The smallest absolute Gasteiger partial charge is 0.212 e. The number of ketones is 1. The van der Waals surface area contributed by atoms with Gasteiger partial charge in [-0.3, -0.25) is 4.79 Å². The average Bonchev–Trinajstić information content (AvgIpc) is 2.54. The second-order valence-electron chi connectivity index (χ2n) is 5.92. The van der Waals surface area contributed by atoms with Crippen LogP contribution in [0.4, 0.5) is 0 Å². The highest BCUT2D eigenvalue weighted by atomic mass is 79.9. The summed E-state index contributed by atoms with van der Waals surface area (Å²) in [6, 6.07) is 0. The summed E-state index contributed by atoms with van der Waals surface area (Å²) in [5.41, 5.74) is -0.965. The lowest BCUT2D eigenvalue weighted by Gasteiger charge is -2.36. The standard InChI is InChI=1S/C12H20BrNO3S/c1-4-14-18(16,17)7-12(3)8-5-6-11(12,2)10(15)9(8)13/h8-9,14H,4-7H2,1-3H3/t8-,9+,11-,12-/m0/s1. The van der Waals surface area contributed by atoms with Gasteiger partial charge in [-0.2, -0.15) is 0 Å². The lowest BCUT2D eigenvalue weighted by atomic mass is 9.70. The molecule has 0 spiro atoms. The number of fused-ring (bicyclic) bond motifs is 2. The summed E-state index contributed by atoms with van der Waals surface area (Å²) < 4.78 is 26.6. The van der Waals surface area contributed by atoms with Crippen molar-refractivity contribution in [3.05, 3.63) is 0 Å². The molecule has 0 unspecified atom stereocenters. The van der Waals surface area contributed by atoms with Crippen LogP contribution in [0.15, 0.2) is 0 Å². The van der Waals surface area contributed by atoms with Gasteiger partial charge in [-0.1, -0.05) is 36.7 Å². The zero-order valence-electron chi connectivity index (χ0n) is 11.0. The van der Waals surface area contributed by atoms with E-state index in [2.05, 4.69) is 20.7 Å². The monoisotopic (exact) mass is 337 g/mol. The molecule has 0 radical (unpaired) electrons. The zero-order chi connectivity index (χ0) is 13.8. The molecule has 0 amide bonds. The Labute approximate surface area is 117 Å². The molecule has 4 atom stereocenters. The number of carbonyl (C=O) groups excluding carboxylic acids is 1. The second kappa shape index (κ2) is 4.28. The van der Waals surface area contributed by atoms with Crippen molar-refractivity contribution in [3.63, 3.8) is 0 Å². The number of rotatable bonds is 4. The zero-order valence-corrected chi connectivity index (χ0v) is 13.4. The minimum Gasteiger partial charge on any atom is -0.298 e. The maximum atomic E-state index is 12.3. The number of halogens is 1. The maximum absolute atomic E-state index is 12.3. The lowest BCUT2D eigenvalue weighted by molar-refractivity contribution is -0.127. The summed E-state index contributed by atoms with van der Waals surface area (Å²) in [7, 11) is -3.31. The topological polar surface area (TPSA) is 63.2 Å². The molecule has 2 aliphatic rings. The molecule has 6 heteroatoms. The van der Waals surface area contributed by atoms with Crippen LogP contribution in [0.1, 0.15) is 33.6 Å². The van der Waals surface area contributed by atoms with Crippen LogP contribution < -0.4 is 4.72 Å². The summed E-state index contributed by atoms with van der Waals surface area (Å²) in [5, 5.41) is 0. The molecule has 1 N–H and O–H groups in total. The Morgan fingerprint density at radius 1 is 1.44 bits per heavy atom. The fourth-order valence-electron chi connectivity index (χ4n) is 3.75. The van der Waals surface area contributed by atoms with E-state index in [4.69, 9.17) is 0 Å². The molecule has 18 heavy (non-hydrogen) atoms. The summed E-state index contributed by atoms with van der Waals surface area (Å²) in [6.45, 7) is 6.05. The Morgan fingerprint density at radius 2 is 2.06 bits per heavy atom. The van der Waals surface area contributed by atoms with Crippen molar-refractivity contribution in [2.45, 2.75) is 38.4 Å². The van der Waals surface area contributed by atoms with Crippen molar-refractivity contribution in [1.29, 1.82) is 0 Å². The summed E-state index contributed by atoms with van der Waals surface area (Å²) in [4.78, 5) is 12.1. The average molecular weight is 338 g/mol. The molecule has 104 valence electrons. The number of sulfonamides is 1. The third kappa shape index (κ3) is 1.79. The predicted octanol–water partition coefficient (Wildman–Crippen LogP) is 1.69. The summed E-state index contributed by atoms with van der Waals surface area (Å²) in [6.07, 6.45) is 1.73. The molecule has 0 aromatic carbocycles. The van der Waals surface area contributed by atoms with Gasteiger partial charge in [0.05, 0.1) is 10.6 Å². The molecule has 0 aromatic heterocycles. The number of Topliss-reactive ketones (excluding diaryl/α,β-unsaturated/α-hetero) is 1. The van der Waals surface area contributed by atoms with Crippen LogP contribution in [-0.2, 0) is 14.8 Å². The highest BCUT2D eigenvalue weighted by Gasteiger charge is 2.68. The fraction of sp³-hybridized carbons (Fsp3) is 0.917. The van der Waals surface area contributed by atoms with Gasteiger partial charge in [-0.15, -0.1) is 0 Å². The minimum atomic E-state index is -3.31. The number of nitrogens with one attached hydrogen (secondary N) is 1. The Bertz CT molecular complexity index is 478. The Balaban J connectivity index is 2.35. The van der Waals surface area contributed by atoms with Crippen LogP contribution in [0.3, 0.4) is 0 Å². The van der Waals surface area contributed by atoms with E-state index >= 15 is 0 Å². The first-order valence-corrected chi connectivity index (χ1v) is 8.90. The van der Waals surface area contributed by atoms with Crippen molar-refractivity contribution < 1.29 is 13.2 Å². The normalized spacial score (nSPS) is 43.7. The van der Waals surface area contributed by atoms with Crippen molar-refractivity contribution in [1.82, 2.24) is 4.72 Å². The number of alkyl halides is 1. The van der Waals surface area contributed by atoms with Gasteiger partial charge < -0.3 is 0 Å². The van der Waals surface area contributed by atoms with Gasteiger partial charge in [0.1, 0.15) is 0 Å². The molecule has 0 aromatic rings. The molecule has 2 saturated carbocycles. The molecule has 0 aliphatic heterocycles. The largest absolute Gasteiger partial charge is 0.298 e. The van der Waals surface area contributed by atoms with E-state index in [0.29, 0.717) is 6.54 Å². The third-order valence-corrected chi connectivity index (χ3v) is 7.80. The Hall–Kier alpha value is 0.0600. The molecule has 4 nitrogen and oxygen atoms in total. The van der Waals surface area contributed by atoms with Crippen molar-refractivity contribution in [2.24, 2.45) is 16.7 Å². The summed E-state index contributed by atoms with van der Waals surface area (Å²) in [5.74, 6) is 0.347. The van der Waals surface area contributed by atoms with E-state index in [0.717, 1.165) is 12.8 Å². The molecular formula is C12H20BrNO3S. The molecule has 2 fully saturated rings. The first-order chi connectivity index (χ1) is 8.18. The van der Waals surface area contributed by atoms with Crippen LogP contribution in [0.25, 0.3) is 0 Å². The molecule has 0 saturated heterocycles. The van der Waals surface area contributed by atoms with Gasteiger partial charge in [-0.25, -0.2) is 13.1 Å². The quantitative estimate of drug-likeness (QED) is 0.794. The number of hydrogen-bond acceptors (Lipinski definition) is 3. The van der Waals surface area contributed by atoms with Crippen LogP contribution in [-0.4, -0.2) is 31.3 Å². The molecule has 2 bridgehead atoms. The first kappa shape index (κ1) is 14.5. The SMILES string of the molecule is CCNS(=O)(=O)C[C@@]1(C)[C@H]2CC[C@@]1(C)C(=O)[C@@H]2Br. The van der Waals surface area contributed by atoms with Crippen LogP contribution in [0.2, 0.25) is 0 Å². The summed E-state index contributed by atoms with van der Waals surface area (Å²) >= 11 is 3.45. The van der Waals surface area contributed by atoms with Gasteiger partial charge in [0.25, 0.3) is 0 Å². The van der Waals surface area contributed by atoms with Crippen molar-refractivity contribution in [3.8, 4) is 0 Å².